The minimum absolute atomic E-state index is 0.182. The third kappa shape index (κ3) is 2.87. The van der Waals surface area contributed by atoms with E-state index >= 15 is 0 Å². The van der Waals surface area contributed by atoms with Crippen molar-refractivity contribution in [1.29, 1.82) is 0 Å². The first-order valence-corrected chi connectivity index (χ1v) is 4.06. The molecule has 0 aliphatic rings. The molecule has 0 saturated heterocycles. The van der Waals surface area contributed by atoms with Crippen LogP contribution in [0, 0.1) is 0 Å². The number of Topliss-reactive ketones (excluding diaryl/α,β-unsaturated/α-hetero) is 1. The quantitative estimate of drug-likeness (QED) is 0.726. The Hall–Kier alpha value is -1.35. The van der Waals surface area contributed by atoms with Gasteiger partial charge in [0, 0.05) is 6.42 Å². The van der Waals surface area contributed by atoms with Crippen LogP contribution in [0.5, 0.6) is 5.75 Å². The Kier molecular flexibility index (Phi) is 3.03. The molecule has 1 aromatic carbocycles. The Morgan fingerprint density at radius 2 is 1.92 bits per heavy atom. The lowest BCUT2D eigenvalue weighted by atomic mass is 10.1. The first kappa shape index (κ1) is 9.74. The van der Waals surface area contributed by atoms with Gasteiger partial charge in [-0.25, -0.2) is 0 Å². The summed E-state index contributed by atoms with van der Waals surface area (Å²) in [5.74, 6) is -0.0610. The monoisotopic (exact) mass is 180 g/mol. The molecule has 0 radical (unpaired) electrons. The van der Waals surface area contributed by atoms with Gasteiger partial charge in [0.2, 0.25) is 0 Å². The number of hydrogen-bond donors (Lipinski definition) is 2. The van der Waals surface area contributed by atoms with Crippen molar-refractivity contribution in [2.75, 3.05) is 0 Å². The zero-order valence-electron chi connectivity index (χ0n) is 7.40. The lowest BCUT2D eigenvalue weighted by Crippen LogP contribution is -2.19. The minimum Gasteiger partial charge on any atom is -0.508 e. The van der Waals surface area contributed by atoms with Gasteiger partial charge in [-0.05, 0) is 24.6 Å². The van der Waals surface area contributed by atoms with Crippen molar-refractivity contribution in [3.8, 4) is 5.75 Å². The van der Waals surface area contributed by atoms with Gasteiger partial charge in [-0.3, -0.25) is 4.79 Å². The average Bonchev–Trinajstić information content (AvgIpc) is 2.08. The predicted molar refractivity (Wildman–Crippen MR) is 48.5 cm³/mol. The predicted octanol–water partition coefficient (Wildman–Crippen LogP) is 0.885. The van der Waals surface area contributed by atoms with Crippen LogP contribution in [-0.4, -0.2) is 22.1 Å². The summed E-state index contributed by atoms with van der Waals surface area (Å²) in [7, 11) is 0. The largest absolute Gasteiger partial charge is 0.508 e. The summed E-state index contributed by atoms with van der Waals surface area (Å²) in [5, 5.41) is 18.2. The summed E-state index contributed by atoms with van der Waals surface area (Å²) >= 11 is 0. The second-order valence-corrected chi connectivity index (χ2v) is 3.00. The van der Waals surface area contributed by atoms with Gasteiger partial charge in [0.15, 0.2) is 5.78 Å². The molecule has 0 bridgehead atoms. The number of phenols is 1. The summed E-state index contributed by atoms with van der Waals surface area (Å²) in [6.45, 7) is 1.35. The first-order valence-electron chi connectivity index (χ1n) is 4.06. The van der Waals surface area contributed by atoms with Crippen LogP contribution < -0.4 is 0 Å². The van der Waals surface area contributed by atoms with E-state index in [4.69, 9.17) is 5.11 Å². The van der Waals surface area contributed by atoms with E-state index in [0.29, 0.717) is 6.42 Å². The Balaban J connectivity index is 2.64. The summed E-state index contributed by atoms with van der Waals surface area (Å²) in [6.07, 6.45) is -0.639. The van der Waals surface area contributed by atoms with Gasteiger partial charge in [-0.2, -0.15) is 0 Å². The topological polar surface area (TPSA) is 57.5 Å². The lowest BCUT2D eigenvalue weighted by molar-refractivity contribution is -0.124. The fraction of sp³-hybridized carbons (Fsp3) is 0.300. The van der Waals surface area contributed by atoms with Crippen LogP contribution in [0.3, 0.4) is 0 Å². The van der Waals surface area contributed by atoms with E-state index in [1.165, 1.54) is 19.1 Å². The number of aliphatic hydroxyl groups is 1. The van der Waals surface area contributed by atoms with Crippen LogP contribution in [0.4, 0.5) is 0 Å². The molecule has 3 heteroatoms. The van der Waals surface area contributed by atoms with Gasteiger partial charge in [-0.1, -0.05) is 12.1 Å². The second kappa shape index (κ2) is 4.05. The maximum atomic E-state index is 10.7. The van der Waals surface area contributed by atoms with Gasteiger partial charge in [0.25, 0.3) is 0 Å². The molecule has 2 N–H and O–H groups in total. The van der Waals surface area contributed by atoms with Crippen LogP contribution >= 0.6 is 0 Å². The molecule has 0 spiro atoms. The molecule has 0 aliphatic carbocycles. The highest BCUT2D eigenvalue weighted by Gasteiger charge is 2.09. The Morgan fingerprint density at radius 3 is 2.38 bits per heavy atom. The number of carbonyl (C=O) groups excluding carboxylic acids is 1. The van der Waals surface area contributed by atoms with Gasteiger partial charge < -0.3 is 10.2 Å². The van der Waals surface area contributed by atoms with E-state index in [-0.39, 0.29) is 11.5 Å². The van der Waals surface area contributed by atoms with Crippen molar-refractivity contribution >= 4 is 5.78 Å². The van der Waals surface area contributed by atoms with Crippen LogP contribution in [0.1, 0.15) is 12.5 Å². The number of ketones is 1. The van der Waals surface area contributed by atoms with Gasteiger partial charge in [0.1, 0.15) is 11.9 Å². The number of phenolic OH excluding ortho intramolecular Hbond substituents is 1. The molecule has 0 aromatic heterocycles. The van der Waals surface area contributed by atoms with Crippen molar-refractivity contribution in [2.24, 2.45) is 0 Å². The molecule has 13 heavy (non-hydrogen) atoms. The Labute approximate surface area is 76.6 Å². The Bertz CT molecular complexity index is 290. The smallest absolute Gasteiger partial charge is 0.158 e. The summed E-state index contributed by atoms with van der Waals surface area (Å²) < 4.78 is 0. The molecule has 1 rings (SSSR count). The van der Waals surface area contributed by atoms with E-state index in [1.807, 2.05) is 0 Å². The van der Waals surface area contributed by atoms with E-state index < -0.39 is 6.10 Å². The zero-order valence-corrected chi connectivity index (χ0v) is 7.40. The molecule has 1 atom stereocenters. The SMILES string of the molecule is CC(=O)C(O)Cc1ccc(O)cc1. The van der Waals surface area contributed by atoms with Gasteiger partial charge in [-0.15, -0.1) is 0 Å². The molecule has 3 nitrogen and oxygen atoms in total. The average molecular weight is 180 g/mol. The molecule has 0 saturated carbocycles. The molecule has 0 heterocycles. The first-order chi connectivity index (χ1) is 6.09. The van der Waals surface area contributed by atoms with E-state index in [0.717, 1.165) is 5.56 Å². The number of aliphatic hydroxyl groups excluding tert-OH is 1. The molecule has 1 aromatic rings. The zero-order chi connectivity index (χ0) is 9.84. The molecule has 0 fully saturated rings. The Morgan fingerprint density at radius 1 is 1.38 bits per heavy atom. The van der Waals surface area contributed by atoms with E-state index in [9.17, 15) is 9.90 Å². The van der Waals surface area contributed by atoms with Crippen molar-refractivity contribution in [3.05, 3.63) is 29.8 Å². The fourth-order valence-electron chi connectivity index (χ4n) is 0.999. The minimum atomic E-state index is -0.940. The fourth-order valence-corrected chi connectivity index (χ4v) is 0.999. The number of aromatic hydroxyl groups is 1. The highest BCUT2D eigenvalue weighted by atomic mass is 16.3. The van der Waals surface area contributed by atoms with Crippen LogP contribution in [0.25, 0.3) is 0 Å². The molecule has 1 unspecified atom stereocenters. The molecule has 70 valence electrons. The maximum absolute atomic E-state index is 10.7. The number of rotatable bonds is 3. The summed E-state index contributed by atoms with van der Waals surface area (Å²) in [6, 6.07) is 6.42. The van der Waals surface area contributed by atoms with Crippen molar-refractivity contribution in [1.82, 2.24) is 0 Å². The van der Waals surface area contributed by atoms with E-state index in [1.54, 1.807) is 12.1 Å². The van der Waals surface area contributed by atoms with Gasteiger partial charge >= 0.3 is 0 Å². The molecular weight excluding hydrogens is 168 g/mol. The number of benzene rings is 1. The molecule has 0 aliphatic heterocycles. The number of carbonyl (C=O) groups is 1. The van der Waals surface area contributed by atoms with E-state index in [2.05, 4.69) is 0 Å². The highest BCUT2D eigenvalue weighted by Crippen LogP contribution is 2.11. The van der Waals surface area contributed by atoms with Crippen molar-refractivity contribution < 1.29 is 15.0 Å². The van der Waals surface area contributed by atoms with Crippen molar-refractivity contribution in [3.63, 3.8) is 0 Å². The molecule has 0 amide bonds. The third-order valence-electron chi connectivity index (χ3n) is 1.83. The van der Waals surface area contributed by atoms with Crippen molar-refractivity contribution in [2.45, 2.75) is 19.4 Å². The van der Waals surface area contributed by atoms with Crippen LogP contribution in [0.15, 0.2) is 24.3 Å². The third-order valence-corrected chi connectivity index (χ3v) is 1.83. The summed E-state index contributed by atoms with van der Waals surface area (Å²) in [5.41, 5.74) is 0.834. The van der Waals surface area contributed by atoms with Crippen LogP contribution in [0.2, 0.25) is 0 Å². The standard InChI is InChI=1S/C10H12O3/c1-7(11)10(13)6-8-2-4-9(12)5-3-8/h2-5,10,12-13H,6H2,1H3. The van der Waals surface area contributed by atoms with Gasteiger partial charge in [0.05, 0.1) is 0 Å². The summed E-state index contributed by atoms with van der Waals surface area (Å²) in [4.78, 5) is 10.7. The lowest BCUT2D eigenvalue weighted by Gasteiger charge is -2.06. The molecular formula is C10H12O3. The normalized spacial score (nSPS) is 12.5. The maximum Gasteiger partial charge on any atom is 0.158 e. The van der Waals surface area contributed by atoms with Crippen LogP contribution in [-0.2, 0) is 11.2 Å². The highest BCUT2D eigenvalue weighted by molar-refractivity contribution is 5.80. The number of hydrogen-bond acceptors (Lipinski definition) is 3. The second-order valence-electron chi connectivity index (χ2n) is 3.00.